The maximum absolute atomic E-state index is 12.5. The van der Waals surface area contributed by atoms with E-state index < -0.39 is 78.2 Å². The monoisotopic (exact) mass is 892 g/mol. The molecule has 0 radical (unpaired) electrons. The van der Waals surface area contributed by atoms with Crippen LogP contribution in [0.4, 0.5) is 4.79 Å². The second-order valence-corrected chi connectivity index (χ2v) is 15.8. The minimum absolute atomic E-state index is 0. The maximum atomic E-state index is 12.5. The Morgan fingerprint density at radius 3 is 1.40 bits per heavy atom. The standard InChI is InChI=1S/C24H38N4O6.C19H30N4O4.ClH/c1-7-8-14-17(26-23(33)34-24(2,3)4)20(30)21(31)25-15-18(29)27-19(22(32)28(5)6)16-12-10-9-11-13-16;1-4-5-11-14(20)17(25)18(26)21-12-15(24)22-16(19(27)23(2)3)13-9-7-6-8-10-13;/h9-13,17,19-20,30H,7-8,14-15H2,1-6H3,(H,25,31)(H,26,33)(H,27,29);6-10,14,16-17,25H,4-5,11-12,20H2,1-3H3,(H,21,26)(H,22,24);1H/t17?,19-,20?;14?,16-,17?;/m00./s1. The van der Waals surface area contributed by atoms with Crippen molar-refractivity contribution in [3.8, 4) is 0 Å². The summed E-state index contributed by atoms with van der Waals surface area (Å²) in [6, 6.07) is 14.2. The van der Waals surface area contributed by atoms with Crippen molar-refractivity contribution < 1.29 is 48.5 Å². The molecule has 9 N–H and O–H groups in total. The summed E-state index contributed by atoms with van der Waals surface area (Å²) in [4.78, 5) is 89.0. The molecule has 0 saturated carbocycles. The van der Waals surface area contributed by atoms with Crippen molar-refractivity contribution in [1.29, 1.82) is 0 Å². The van der Waals surface area contributed by atoms with Crippen molar-refractivity contribution in [2.75, 3.05) is 41.3 Å². The van der Waals surface area contributed by atoms with Gasteiger partial charge < -0.3 is 57.1 Å². The molecule has 0 aliphatic heterocycles. The van der Waals surface area contributed by atoms with Gasteiger partial charge in [-0.15, -0.1) is 12.4 Å². The maximum Gasteiger partial charge on any atom is 0.407 e. The molecule has 0 aliphatic rings. The van der Waals surface area contributed by atoms with Gasteiger partial charge in [-0.3, -0.25) is 28.8 Å². The first-order chi connectivity index (χ1) is 28.6. The van der Waals surface area contributed by atoms with E-state index in [0.29, 0.717) is 30.4 Å². The molecule has 7 amide bonds. The third-order valence-corrected chi connectivity index (χ3v) is 8.88. The molecule has 0 heterocycles. The molecule has 4 unspecified atom stereocenters. The number of benzene rings is 2. The third kappa shape index (κ3) is 21.5. The molecule has 2 rings (SSSR count). The van der Waals surface area contributed by atoms with Gasteiger partial charge in [-0.1, -0.05) is 100 Å². The molecule has 2 aromatic rings. The molecular weight excluding hydrogens is 824 g/mol. The molecule has 6 atom stereocenters. The van der Waals surface area contributed by atoms with Crippen LogP contribution in [0.2, 0.25) is 0 Å². The van der Waals surface area contributed by atoms with Gasteiger partial charge in [-0.05, 0) is 44.7 Å². The summed E-state index contributed by atoms with van der Waals surface area (Å²) in [5, 5.41) is 32.9. The number of ether oxygens (including phenoxy) is 1. The fourth-order valence-corrected chi connectivity index (χ4v) is 5.52. The number of hydrogen-bond acceptors (Lipinski definition) is 11. The highest BCUT2D eigenvalue weighted by atomic mass is 35.5. The zero-order chi connectivity index (χ0) is 46.3. The number of carbonyl (C=O) groups is 7. The second-order valence-electron chi connectivity index (χ2n) is 15.8. The number of alkyl carbamates (subject to hydrolysis) is 1. The van der Waals surface area contributed by atoms with Crippen molar-refractivity contribution in [2.45, 2.75) is 115 Å². The van der Waals surface area contributed by atoms with E-state index in [1.807, 2.05) is 19.9 Å². The van der Waals surface area contributed by atoms with Crippen LogP contribution in [-0.2, 0) is 33.5 Å². The lowest BCUT2D eigenvalue weighted by Crippen LogP contribution is -2.53. The van der Waals surface area contributed by atoms with Gasteiger partial charge in [0.25, 0.3) is 11.8 Å². The predicted molar refractivity (Wildman–Crippen MR) is 238 cm³/mol. The van der Waals surface area contributed by atoms with E-state index in [1.165, 1.54) is 9.80 Å². The minimum atomic E-state index is -1.58. The molecule has 2 aromatic carbocycles. The Morgan fingerprint density at radius 1 is 0.645 bits per heavy atom. The Morgan fingerprint density at radius 2 is 1.03 bits per heavy atom. The lowest BCUT2D eigenvalue weighted by molar-refractivity contribution is -0.136. The summed E-state index contributed by atoms with van der Waals surface area (Å²) >= 11 is 0. The average molecular weight is 894 g/mol. The summed E-state index contributed by atoms with van der Waals surface area (Å²) < 4.78 is 5.21. The highest BCUT2D eigenvalue weighted by Crippen LogP contribution is 2.16. The Labute approximate surface area is 371 Å². The summed E-state index contributed by atoms with van der Waals surface area (Å²) in [7, 11) is 6.36. The molecular formula is C43H69ClN8O10. The highest BCUT2D eigenvalue weighted by Gasteiger charge is 2.31. The molecule has 0 aliphatic carbocycles. The van der Waals surface area contributed by atoms with Crippen molar-refractivity contribution >= 4 is 53.9 Å². The van der Waals surface area contributed by atoms with E-state index in [0.717, 1.165) is 19.3 Å². The topological polar surface area (TPSA) is 262 Å². The van der Waals surface area contributed by atoms with Crippen LogP contribution in [0, 0.1) is 0 Å². The molecule has 19 heteroatoms. The summed E-state index contributed by atoms with van der Waals surface area (Å²) in [5.41, 5.74) is 6.28. The SMILES string of the molecule is CCCCC(N)C(O)C(=O)NCC(=O)N[C@H](C(=O)N(C)C)c1ccccc1.CCCCC(NC(=O)OC(C)(C)C)C(O)C(=O)NCC(=O)N[C@H](C(=O)N(C)C)c1ccccc1.Cl. The van der Waals surface area contributed by atoms with Crippen molar-refractivity contribution in [1.82, 2.24) is 36.4 Å². The van der Waals surface area contributed by atoms with Crippen LogP contribution in [0.1, 0.15) is 96.4 Å². The number of aliphatic hydroxyl groups is 2. The van der Waals surface area contributed by atoms with Gasteiger partial charge in [-0.2, -0.15) is 0 Å². The summed E-state index contributed by atoms with van der Waals surface area (Å²) in [6.07, 6.45) is 0.335. The first-order valence-corrected chi connectivity index (χ1v) is 20.4. The number of nitrogens with two attached hydrogens (primary N) is 1. The number of nitrogens with zero attached hydrogens (tertiary/aromatic N) is 2. The van der Waals surface area contributed by atoms with Crippen LogP contribution >= 0.6 is 12.4 Å². The largest absolute Gasteiger partial charge is 0.444 e. The number of likely N-dealkylation sites (N-methyl/N-ethyl adjacent to an activating group) is 2. The third-order valence-electron chi connectivity index (χ3n) is 8.88. The zero-order valence-corrected chi connectivity index (χ0v) is 38.3. The van der Waals surface area contributed by atoms with Crippen molar-refractivity contribution in [3.63, 3.8) is 0 Å². The Bertz CT molecular complexity index is 1700. The van der Waals surface area contributed by atoms with E-state index >= 15 is 0 Å². The van der Waals surface area contributed by atoms with E-state index in [-0.39, 0.29) is 30.8 Å². The Hall–Kier alpha value is -5.30. The number of hydrogen-bond donors (Lipinski definition) is 8. The smallest absolute Gasteiger partial charge is 0.407 e. The number of carbonyl (C=O) groups excluding carboxylic acids is 7. The average Bonchev–Trinajstić information content (AvgIpc) is 3.22. The first-order valence-electron chi connectivity index (χ1n) is 20.4. The lowest BCUT2D eigenvalue weighted by Gasteiger charge is -2.26. The fourth-order valence-electron chi connectivity index (χ4n) is 5.52. The molecule has 18 nitrogen and oxygen atoms in total. The molecule has 62 heavy (non-hydrogen) atoms. The minimum Gasteiger partial charge on any atom is -0.444 e. The van der Waals surface area contributed by atoms with Crippen LogP contribution in [0.5, 0.6) is 0 Å². The van der Waals surface area contributed by atoms with Crippen LogP contribution < -0.4 is 32.3 Å². The lowest BCUT2D eigenvalue weighted by atomic mass is 10.0. The number of rotatable bonds is 21. The van der Waals surface area contributed by atoms with Gasteiger partial charge in [0.15, 0.2) is 6.10 Å². The van der Waals surface area contributed by atoms with E-state index in [1.54, 1.807) is 104 Å². The highest BCUT2D eigenvalue weighted by molar-refractivity contribution is 5.92. The molecule has 0 saturated heterocycles. The number of amides is 7. The van der Waals surface area contributed by atoms with Gasteiger partial charge >= 0.3 is 6.09 Å². The fraction of sp³-hybridized carbons (Fsp3) is 0.558. The molecule has 348 valence electrons. The number of nitrogens with one attached hydrogen (secondary N) is 5. The van der Waals surface area contributed by atoms with Gasteiger partial charge in [-0.25, -0.2) is 4.79 Å². The first kappa shape index (κ1) is 56.7. The van der Waals surface area contributed by atoms with Crippen LogP contribution in [0.15, 0.2) is 60.7 Å². The van der Waals surface area contributed by atoms with Crippen molar-refractivity contribution in [2.24, 2.45) is 5.73 Å². The summed E-state index contributed by atoms with van der Waals surface area (Å²) in [6.45, 7) is 8.24. The van der Waals surface area contributed by atoms with Gasteiger partial charge in [0.1, 0.15) is 23.8 Å². The van der Waals surface area contributed by atoms with E-state index in [9.17, 15) is 43.8 Å². The van der Waals surface area contributed by atoms with Gasteiger partial charge in [0, 0.05) is 34.2 Å². The van der Waals surface area contributed by atoms with E-state index in [4.69, 9.17) is 10.5 Å². The summed E-state index contributed by atoms with van der Waals surface area (Å²) in [5.74, 6) is -3.28. The predicted octanol–water partition coefficient (Wildman–Crippen LogP) is 1.84. The Balaban J connectivity index is 0.00000121. The van der Waals surface area contributed by atoms with E-state index in [2.05, 4.69) is 26.6 Å². The Kier molecular flexibility index (Phi) is 26.6. The number of unbranched alkanes of at least 4 members (excludes halogenated alkanes) is 2. The normalized spacial score (nSPS) is 13.6. The van der Waals surface area contributed by atoms with Crippen LogP contribution in [0.25, 0.3) is 0 Å². The molecule has 0 spiro atoms. The van der Waals surface area contributed by atoms with Crippen LogP contribution in [0.3, 0.4) is 0 Å². The molecule has 0 fully saturated rings. The van der Waals surface area contributed by atoms with Gasteiger partial charge in [0.05, 0.1) is 19.1 Å². The quantitative estimate of drug-likeness (QED) is 0.0897. The second kappa shape index (κ2) is 29.1. The number of halogens is 1. The van der Waals surface area contributed by atoms with Crippen LogP contribution in [-0.4, -0.2) is 133 Å². The number of aliphatic hydroxyl groups excluding tert-OH is 2. The van der Waals surface area contributed by atoms with Crippen molar-refractivity contribution in [3.05, 3.63) is 71.8 Å². The molecule has 0 aromatic heterocycles. The zero-order valence-electron chi connectivity index (χ0n) is 37.4. The van der Waals surface area contributed by atoms with Gasteiger partial charge in [0.2, 0.25) is 23.6 Å². The molecule has 0 bridgehead atoms.